The molecule has 0 radical (unpaired) electrons. The minimum atomic E-state index is -0.734. The van der Waals surface area contributed by atoms with Gasteiger partial charge in [-0.15, -0.1) is 0 Å². The van der Waals surface area contributed by atoms with E-state index in [9.17, 15) is 4.79 Å². The van der Waals surface area contributed by atoms with E-state index < -0.39 is 16.9 Å². The van der Waals surface area contributed by atoms with Gasteiger partial charge in [0.1, 0.15) is 11.3 Å². The molecule has 1 aromatic carbocycles. The molecule has 0 bridgehead atoms. The van der Waals surface area contributed by atoms with Crippen LogP contribution in [0.2, 0.25) is 0 Å². The maximum atomic E-state index is 13.0. The molecule has 6 heteroatoms. The Morgan fingerprint density at radius 2 is 1.85 bits per heavy atom. The van der Waals surface area contributed by atoms with Crippen molar-refractivity contribution in [1.29, 1.82) is 0 Å². The smallest absolute Gasteiger partial charge is 0.413 e. The van der Waals surface area contributed by atoms with E-state index in [2.05, 4.69) is 41.8 Å². The molecule has 0 aliphatic carbocycles. The minimum absolute atomic E-state index is 0.0990. The zero-order valence-corrected chi connectivity index (χ0v) is 17.6. The number of aryl methyl sites for hydroxylation is 1. The molecule has 2 heterocycles. The first kappa shape index (κ1) is 20.1. The molecule has 0 spiro atoms. The molecule has 2 saturated heterocycles. The van der Waals surface area contributed by atoms with Crippen LogP contribution in [0.5, 0.6) is 0 Å². The lowest BCUT2D eigenvalue weighted by Gasteiger charge is -2.43. The summed E-state index contributed by atoms with van der Waals surface area (Å²) in [6.07, 6.45) is -0.451. The Balaban J connectivity index is 1.81. The van der Waals surface area contributed by atoms with Crippen LogP contribution in [-0.4, -0.2) is 47.2 Å². The van der Waals surface area contributed by atoms with E-state index in [4.69, 9.17) is 9.47 Å². The van der Waals surface area contributed by atoms with Crippen LogP contribution in [0.25, 0.3) is 0 Å². The predicted octanol–water partition coefficient (Wildman–Crippen LogP) is 3.32. The highest BCUT2D eigenvalue weighted by atomic mass is 16.6. The predicted molar refractivity (Wildman–Crippen MR) is 105 cm³/mol. The second-order valence-corrected chi connectivity index (χ2v) is 9.38. The molecule has 3 unspecified atom stereocenters. The summed E-state index contributed by atoms with van der Waals surface area (Å²) in [7, 11) is 0. The van der Waals surface area contributed by atoms with E-state index in [1.807, 2.05) is 41.5 Å². The van der Waals surface area contributed by atoms with E-state index in [0.29, 0.717) is 6.61 Å². The van der Waals surface area contributed by atoms with Crippen molar-refractivity contribution in [2.75, 3.05) is 13.2 Å². The Bertz CT molecular complexity index is 696. The van der Waals surface area contributed by atoms with Gasteiger partial charge in [-0.25, -0.2) is 4.79 Å². The molecule has 6 nitrogen and oxygen atoms in total. The van der Waals surface area contributed by atoms with Crippen LogP contribution in [0.1, 0.15) is 58.7 Å². The molecule has 0 aromatic heterocycles. The fourth-order valence-electron chi connectivity index (χ4n) is 3.98. The van der Waals surface area contributed by atoms with E-state index in [1.54, 1.807) is 4.90 Å². The van der Waals surface area contributed by atoms with Gasteiger partial charge in [-0.2, -0.15) is 0 Å². The molecule has 1 amide bonds. The van der Waals surface area contributed by atoms with Crippen LogP contribution in [0.4, 0.5) is 4.79 Å². The number of benzene rings is 1. The molecule has 3 rings (SSSR count). The number of amides is 1. The maximum Gasteiger partial charge on any atom is 0.413 e. The summed E-state index contributed by atoms with van der Waals surface area (Å²) in [5, 5.41) is 7.20. The molecule has 2 N–H and O–H groups in total. The minimum Gasteiger partial charge on any atom is -0.444 e. The van der Waals surface area contributed by atoms with E-state index >= 15 is 0 Å². The number of ether oxygens (including phenoxy) is 2. The van der Waals surface area contributed by atoms with Gasteiger partial charge in [0.15, 0.2) is 0 Å². The van der Waals surface area contributed by atoms with Crippen molar-refractivity contribution in [3.63, 3.8) is 0 Å². The first-order valence-electron chi connectivity index (χ1n) is 9.66. The van der Waals surface area contributed by atoms with Crippen LogP contribution in [0, 0.1) is 6.92 Å². The summed E-state index contributed by atoms with van der Waals surface area (Å²) in [6.45, 7) is 14.8. The van der Waals surface area contributed by atoms with Crippen molar-refractivity contribution in [2.45, 2.75) is 77.5 Å². The van der Waals surface area contributed by atoms with Gasteiger partial charge in [0.2, 0.25) is 0 Å². The van der Waals surface area contributed by atoms with Crippen molar-refractivity contribution in [2.24, 2.45) is 0 Å². The SMILES string of the molecule is Cc1ccc(C2CNC(C3(C)COC(C)(C)N3C(=O)OC(C)(C)C)N2)cc1. The Kier molecular flexibility index (Phi) is 5.04. The fraction of sp³-hybridized carbons (Fsp3) is 0.667. The quantitative estimate of drug-likeness (QED) is 0.830. The topological polar surface area (TPSA) is 62.8 Å². The Morgan fingerprint density at radius 3 is 2.44 bits per heavy atom. The summed E-state index contributed by atoms with van der Waals surface area (Å²) in [5.74, 6) is 0. The highest BCUT2D eigenvalue weighted by Crippen LogP contribution is 2.39. The molecule has 0 saturated carbocycles. The summed E-state index contributed by atoms with van der Waals surface area (Å²) >= 11 is 0. The standard InChI is InChI=1S/C21H33N3O3/c1-14-8-10-15(11-9-14)16-12-22-17(23-16)21(7)13-26-20(5,6)24(21)18(25)27-19(2,3)4/h8-11,16-17,22-23H,12-13H2,1-7H3. The molecule has 2 fully saturated rings. The van der Waals surface area contributed by atoms with Crippen molar-refractivity contribution in [1.82, 2.24) is 15.5 Å². The van der Waals surface area contributed by atoms with Gasteiger partial charge >= 0.3 is 6.09 Å². The third-order valence-electron chi connectivity index (χ3n) is 5.34. The zero-order chi connectivity index (χ0) is 20.0. The van der Waals surface area contributed by atoms with Crippen molar-refractivity contribution in [3.05, 3.63) is 35.4 Å². The lowest BCUT2D eigenvalue weighted by molar-refractivity contribution is -0.0706. The Hall–Kier alpha value is -1.63. The fourth-order valence-corrected chi connectivity index (χ4v) is 3.98. The number of hydrogen-bond acceptors (Lipinski definition) is 5. The number of carbonyl (C=O) groups excluding carboxylic acids is 1. The van der Waals surface area contributed by atoms with Gasteiger partial charge in [0.25, 0.3) is 0 Å². The van der Waals surface area contributed by atoms with E-state index in [-0.39, 0.29) is 18.3 Å². The summed E-state index contributed by atoms with van der Waals surface area (Å²) in [5.41, 5.74) is 0.627. The van der Waals surface area contributed by atoms with Gasteiger partial charge in [-0.1, -0.05) is 29.8 Å². The van der Waals surface area contributed by atoms with Crippen molar-refractivity contribution in [3.8, 4) is 0 Å². The van der Waals surface area contributed by atoms with E-state index in [0.717, 1.165) is 6.54 Å². The summed E-state index contributed by atoms with van der Waals surface area (Å²) < 4.78 is 11.7. The van der Waals surface area contributed by atoms with Crippen LogP contribution in [0.15, 0.2) is 24.3 Å². The van der Waals surface area contributed by atoms with Gasteiger partial charge in [-0.3, -0.25) is 15.5 Å². The van der Waals surface area contributed by atoms with Gasteiger partial charge in [-0.05, 0) is 54.0 Å². The highest BCUT2D eigenvalue weighted by molar-refractivity contribution is 5.70. The molecular formula is C21H33N3O3. The average Bonchev–Trinajstić information content (AvgIpc) is 3.10. The molecule has 2 aliphatic heterocycles. The van der Waals surface area contributed by atoms with Gasteiger partial charge in [0.05, 0.1) is 18.3 Å². The lowest BCUT2D eigenvalue weighted by Crippen LogP contribution is -2.65. The van der Waals surface area contributed by atoms with Crippen molar-refractivity contribution < 1.29 is 14.3 Å². The first-order chi connectivity index (χ1) is 12.4. The van der Waals surface area contributed by atoms with Crippen LogP contribution in [0.3, 0.4) is 0 Å². The molecule has 3 atom stereocenters. The number of hydrogen-bond donors (Lipinski definition) is 2. The van der Waals surface area contributed by atoms with E-state index in [1.165, 1.54) is 11.1 Å². The molecule has 1 aromatic rings. The highest BCUT2D eigenvalue weighted by Gasteiger charge is 2.57. The monoisotopic (exact) mass is 375 g/mol. The van der Waals surface area contributed by atoms with Crippen LogP contribution < -0.4 is 10.6 Å². The number of nitrogens with zero attached hydrogens (tertiary/aromatic N) is 1. The largest absolute Gasteiger partial charge is 0.444 e. The second-order valence-electron chi connectivity index (χ2n) is 9.38. The number of carbonyl (C=O) groups is 1. The average molecular weight is 376 g/mol. The Morgan fingerprint density at radius 1 is 1.22 bits per heavy atom. The molecule has 27 heavy (non-hydrogen) atoms. The number of nitrogens with one attached hydrogen (secondary N) is 2. The molecule has 150 valence electrons. The zero-order valence-electron chi connectivity index (χ0n) is 17.6. The number of rotatable bonds is 2. The van der Waals surface area contributed by atoms with Crippen LogP contribution in [-0.2, 0) is 9.47 Å². The van der Waals surface area contributed by atoms with Crippen molar-refractivity contribution >= 4 is 6.09 Å². The summed E-state index contributed by atoms with van der Waals surface area (Å²) in [4.78, 5) is 14.7. The van der Waals surface area contributed by atoms with Crippen LogP contribution >= 0.6 is 0 Å². The normalized spacial score (nSPS) is 30.6. The molecule has 2 aliphatic rings. The third-order valence-corrected chi connectivity index (χ3v) is 5.34. The molecular weight excluding hydrogens is 342 g/mol. The lowest BCUT2D eigenvalue weighted by atomic mass is 9.96. The Labute approximate surface area is 162 Å². The third kappa shape index (κ3) is 3.98. The first-order valence-corrected chi connectivity index (χ1v) is 9.66. The second kappa shape index (κ2) is 6.76. The maximum absolute atomic E-state index is 13.0. The van der Waals surface area contributed by atoms with Gasteiger partial charge < -0.3 is 9.47 Å². The van der Waals surface area contributed by atoms with Gasteiger partial charge in [0, 0.05) is 12.6 Å². The summed E-state index contributed by atoms with van der Waals surface area (Å²) in [6, 6.07) is 8.75.